The minimum Gasteiger partial charge on any atom is -0.496 e. The van der Waals surface area contributed by atoms with Crippen molar-refractivity contribution in [2.24, 2.45) is 0 Å². The molecule has 2 aromatic carbocycles. The molecule has 1 amide bonds. The lowest BCUT2D eigenvalue weighted by Crippen LogP contribution is -2.14. The second-order valence-corrected chi connectivity index (χ2v) is 6.36. The van der Waals surface area contributed by atoms with E-state index >= 15 is 0 Å². The molecule has 3 aromatic rings. The van der Waals surface area contributed by atoms with Gasteiger partial charge in [0, 0.05) is 16.6 Å². The molecule has 5 heteroatoms. The highest BCUT2D eigenvalue weighted by atomic mass is 32.1. The molecular formula is C19H18N2O2S. The summed E-state index contributed by atoms with van der Waals surface area (Å²) in [5.74, 6) is 0.707. The van der Waals surface area contributed by atoms with Crippen molar-refractivity contribution < 1.29 is 9.53 Å². The number of para-hydroxylation sites is 1. The Morgan fingerprint density at radius 2 is 1.92 bits per heavy atom. The number of amides is 1. The van der Waals surface area contributed by atoms with Gasteiger partial charge in [-0.2, -0.15) is 0 Å². The van der Waals surface area contributed by atoms with Crippen LogP contribution in [-0.2, 0) is 11.2 Å². The number of aryl methyl sites for hydroxylation is 1. The number of hydrogen-bond acceptors (Lipinski definition) is 4. The first-order valence-electron chi connectivity index (χ1n) is 7.60. The minimum atomic E-state index is -0.0696. The molecule has 0 saturated heterocycles. The molecule has 1 heterocycles. The molecule has 0 atom stereocenters. The van der Waals surface area contributed by atoms with Gasteiger partial charge in [0.25, 0.3) is 0 Å². The van der Waals surface area contributed by atoms with E-state index in [1.54, 1.807) is 7.11 Å². The summed E-state index contributed by atoms with van der Waals surface area (Å²) in [5, 5.41) is 5.62. The van der Waals surface area contributed by atoms with E-state index in [2.05, 4.69) is 10.3 Å². The normalized spacial score (nSPS) is 10.4. The third-order valence-corrected chi connectivity index (χ3v) is 4.43. The van der Waals surface area contributed by atoms with Gasteiger partial charge in [-0.3, -0.25) is 4.79 Å². The van der Waals surface area contributed by atoms with Gasteiger partial charge in [-0.1, -0.05) is 29.8 Å². The quantitative estimate of drug-likeness (QED) is 0.754. The second-order valence-electron chi connectivity index (χ2n) is 5.42. The Morgan fingerprint density at radius 1 is 1.17 bits per heavy atom. The lowest BCUT2D eigenvalue weighted by atomic mass is 10.1. The maximum Gasteiger partial charge on any atom is 0.231 e. The zero-order valence-corrected chi connectivity index (χ0v) is 14.4. The first kappa shape index (κ1) is 16.2. The van der Waals surface area contributed by atoms with Gasteiger partial charge in [0.1, 0.15) is 10.8 Å². The third-order valence-electron chi connectivity index (χ3n) is 3.58. The fourth-order valence-electron chi connectivity index (χ4n) is 2.35. The number of hydrogen-bond donors (Lipinski definition) is 1. The maximum absolute atomic E-state index is 12.2. The first-order valence-corrected chi connectivity index (χ1v) is 8.48. The third kappa shape index (κ3) is 3.81. The molecule has 0 aliphatic rings. The fraction of sp³-hybridized carbons (Fsp3) is 0.158. The van der Waals surface area contributed by atoms with Gasteiger partial charge in [-0.05, 0) is 31.2 Å². The van der Waals surface area contributed by atoms with Gasteiger partial charge >= 0.3 is 0 Å². The molecule has 0 fully saturated rings. The molecule has 4 nitrogen and oxygen atoms in total. The highest BCUT2D eigenvalue weighted by molar-refractivity contribution is 7.10. The van der Waals surface area contributed by atoms with Gasteiger partial charge < -0.3 is 10.1 Å². The summed E-state index contributed by atoms with van der Waals surface area (Å²) in [6.45, 7) is 2.01. The van der Waals surface area contributed by atoms with Crippen LogP contribution >= 0.6 is 11.3 Å². The first-order chi connectivity index (χ1) is 11.7. The molecule has 0 saturated carbocycles. The van der Waals surface area contributed by atoms with Gasteiger partial charge in [-0.25, -0.2) is 4.98 Å². The van der Waals surface area contributed by atoms with Gasteiger partial charge in [0.2, 0.25) is 5.91 Å². The van der Waals surface area contributed by atoms with Crippen LogP contribution in [-0.4, -0.2) is 18.0 Å². The molecule has 0 bridgehead atoms. The lowest BCUT2D eigenvalue weighted by molar-refractivity contribution is -0.115. The van der Waals surface area contributed by atoms with Crippen molar-refractivity contribution in [1.82, 2.24) is 4.98 Å². The Bertz CT molecular complexity index is 841. The van der Waals surface area contributed by atoms with Crippen LogP contribution in [0.3, 0.4) is 0 Å². The topological polar surface area (TPSA) is 51.2 Å². The molecule has 1 N–H and O–H groups in total. The summed E-state index contributed by atoms with van der Waals surface area (Å²) in [6, 6.07) is 15.5. The van der Waals surface area contributed by atoms with E-state index < -0.39 is 0 Å². The van der Waals surface area contributed by atoms with E-state index in [9.17, 15) is 4.79 Å². The Kier molecular flexibility index (Phi) is 4.91. The summed E-state index contributed by atoms with van der Waals surface area (Å²) in [6.07, 6.45) is 0.258. The lowest BCUT2D eigenvalue weighted by Gasteiger charge is -2.05. The van der Waals surface area contributed by atoms with E-state index in [0.29, 0.717) is 0 Å². The average Bonchev–Trinajstić information content (AvgIpc) is 3.05. The van der Waals surface area contributed by atoms with Crippen LogP contribution in [0.2, 0.25) is 0 Å². The number of thiazole rings is 1. The number of rotatable bonds is 5. The van der Waals surface area contributed by atoms with Crippen molar-refractivity contribution in [1.29, 1.82) is 0 Å². The number of carbonyl (C=O) groups is 1. The van der Waals surface area contributed by atoms with E-state index in [1.165, 1.54) is 11.3 Å². The Hall–Kier alpha value is -2.66. The van der Waals surface area contributed by atoms with E-state index in [1.807, 2.05) is 60.8 Å². The largest absolute Gasteiger partial charge is 0.496 e. The van der Waals surface area contributed by atoms with E-state index in [4.69, 9.17) is 4.74 Å². The fourth-order valence-corrected chi connectivity index (χ4v) is 3.14. The summed E-state index contributed by atoms with van der Waals surface area (Å²) in [5.41, 5.74) is 3.72. The zero-order chi connectivity index (χ0) is 16.9. The SMILES string of the molecule is COc1ccccc1-c1csc(CC(=O)Nc2ccc(C)cc2)n1. The van der Waals surface area contributed by atoms with Gasteiger partial charge in [-0.15, -0.1) is 11.3 Å². The van der Waals surface area contributed by atoms with Crippen LogP contribution in [0, 0.1) is 6.92 Å². The maximum atomic E-state index is 12.2. The van der Waals surface area contributed by atoms with Gasteiger partial charge in [0.05, 0.1) is 19.2 Å². The smallest absolute Gasteiger partial charge is 0.231 e. The standard InChI is InChI=1S/C19H18N2O2S/c1-13-7-9-14(10-8-13)20-18(22)11-19-21-16(12-24-19)15-5-3-4-6-17(15)23-2/h3-10,12H,11H2,1-2H3,(H,20,22). The molecular weight excluding hydrogens is 320 g/mol. The number of aromatic nitrogens is 1. The van der Waals surface area contributed by atoms with Crippen LogP contribution < -0.4 is 10.1 Å². The van der Waals surface area contributed by atoms with Crippen LogP contribution in [0.1, 0.15) is 10.6 Å². The van der Waals surface area contributed by atoms with Crippen molar-refractivity contribution in [3.8, 4) is 17.0 Å². The number of carbonyl (C=O) groups excluding carboxylic acids is 1. The summed E-state index contributed by atoms with van der Waals surface area (Å²) in [4.78, 5) is 16.7. The molecule has 24 heavy (non-hydrogen) atoms. The molecule has 122 valence electrons. The van der Waals surface area contributed by atoms with Crippen molar-refractivity contribution in [3.63, 3.8) is 0 Å². The van der Waals surface area contributed by atoms with E-state index in [0.717, 1.165) is 33.3 Å². The molecule has 1 aromatic heterocycles. The van der Waals surface area contributed by atoms with Crippen LogP contribution in [0.5, 0.6) is 5.75 Å². The van der Waals surface area contributed by atoms with Crippen molar-refractivity contribution in [3.05, 3.63) is 64.5 Å². The summed E-state index contributed by atoms with van der Waals surface area (Å²) >= 11 is 1.48. The molecule has 0 unspecified atom stereocenters. The molecule has 0 aliphatic carbocycles. The number of benzene rings is 2. The van der Waals surface area contributed by atoms with Crippen LogP contribution in [0.4, 0.5) is 5.69 Å². The average molecular weight is 338 g/mol. The molecule has 0 spiro atoms. The van der Waals surface area contributed by atoms with Crippen molar-refractivity contribution in [2.45, 2.75) is 13.3 Å². The van der Waals surface area contributed by atoms with Crippen molar-refractivity contribution in [2.75, 3.05) is 12.4 Å². The van der Waals surface area contributed by atoms with Gasteiger partial charge in [0.15, 0.2) is 0 Å². The molecule has 0 radical (unpaired) electrons. The summed E-state index contributed by atoms with van der Waals surface area (Å²) < 4.78 is 5.36. The van der Waals surface area contributed by atoms with Crippen LogP contribution in [0.25, 0.3) is 11.3 Å². The zero-order valence-electron chi connectivity index (χ0n) is 13.6. The number of nitrogens with zero attached hydrogens (tertiary/aromatic N) is 1. The van der Waals surface area contributed by atoms with E-state index in [-0.39, 0.29) is 12.3 Å². The predicted molar refractivity (Wildman–Crippen MR) is 97.6 cm³/mol. The second kappa shape index (κ2) is 7.27. The van der Waals surface area contributed by atoms with Crippen molar-refractivity contribution >= 4 is 22.9 Å². The number of anilines is 1. The Morgan fingerprint density at radius 3 is 2.67 bits per heavy atom. The monoisotopic (exact) mass is 338 g/mol. The van der Waals surface area contributed by atoms with Crippen LogP contribution in [0.15, 0.2) is 53.9 Å². The molecule has 3 rings (SSSR count). The summed E-state index contributed by atoms with van der Waals surface area (Å²) in [7, 11) is 1.64. The number of ether oxygens (including phenoxy) is 1. The number of methoxy groups -OCH3 is 1. The highest BCUT2D eigenvalue weighted by Crippen LogP contribution is 2.30. The minimum absolute atomic E-state index is 0.0696. The highest BCUT2D eigenvalue weighted by Gasteiger charge is 2.12. The Balaban J connectivity index is 1.69. The Labute approximate surface area is 145 Å². The predicted octanol–water partition coefficient (Wildman–Crippen LogP) is 4.31. The number of nitrogens with one attached hydrogen (secondary N) is 1. The molecule has 0 aliphatic heterocycles.